The first-order valence-electron chi connectivity index (χ1n) is 5.74. The summed E-state index contributed by atoms with van der Waals surface area (Å²) in [6.07, 6.45) is 2.71. The minimum atomic E-state index is -0.198. The molecule has 6 nitrogen and oxygen atoms in total. The van der Waals surface area contributed by atoms with Gasteiger partial charge >= 0.3 is 6.08 Å². The van der Waals surface area contributed by atoms with Crippen LogP contribution in [0, 0.1) is 0 Å². The van der Waals surface area contributed by atoms with E-state index in [1.54, 1.807) is 0 Å². The number of hydrogen-bond acceptors (Lipinski definition) is 6. The topological polar surface area (TPSA) is 77.4 Å². The highest BCUT2D eigenvalue weighted by Crippen LogP contribution is 2.15. The third-order valence-corrected chi connectivity index (χ3v) is 2.68. The zero-order chi connectivity index (χ0) is 11.4. The van der Waals surface area contributed by atoms with Gasteiger partial charge in [-0.3, -0.25) is 4.52 Å². The Balaban J connectivity index is 1.89. The molecule has 1 aliphatic rings. The molecular weight excluding hydrogens is 208 g/mol. The SMILES string of the molecule is CCOc1nc(C(N)CN2CCCC2)no1. The van der Waals surface area contributed by atoms with Crippen LogP contribution < -0.4 is 10.5 Å². The van der Waals surface area contributed by atoms with Crippen LogP contribution in [-0.2, 0) is 0 Å². The Kier molecular flexibility index (Phi) is 3.74. The Morgan fingerprint density at radius 1 is 1.50 bits per heavy atom. The second-order valence-corrected chi connectivity index (χ2v) is 3.97. The van der Waals surface area contributed by atoms with E-state index in [-0.39, 0.29) is 12.1 Å². The number of rotatable bonds is 5. The van der Waals surface area contributed by atoms with Crippen molar-refractivity contribution in [2.75, 3.05) is 26.2 Å². The van der Waals surface area contributed by atoms with Crippen LogP contribution in [0.3, 0.4) is 0 Å². The first-order valence-corrected chi connectivity index (χ1v) is 5.74. The highest BCUT2D eigenvalue weighted by molar-refractivity contribution is 4.97. The van der Waals surface area contributed by atoms with Crippen molar-refractivity contribution in [1.29, 1.82) is 0 Å². The minimum Gasteiger partial charge on any atom is -0.449 e. The van der Waals surface area contributed by atoms with Gasteiger partial charge in [0.25, 0.3) is 0 Å². The third kappa shape index (κ3) is 2.70. The second-order valence-electron chi connectivity index (χ2n) is 3.97. The van der Waals surface area contributed by atoms with Gasteiger partial charge in [0.1, 0.15) is 0 Å². The van der Waals surface area contributed by atoms with E-state index in [0.717, 1.165) is 19.6 Å². The molecule has 1 fully saturated rings. The standard InChI is InChI=1S/C10H18N4O2/c1-2-15-10-12-9(13-16-10)8(11)7-14-5-3-4-6-14/h8H,2-7,11H2,1H3. The number of likely N-dealkylation sites (tertiary alicyclic amines) is 1. The molecule has 0 spiro atoms. The van der Waals surface area contributed by atoms with Crippen molar-refractivity contribution in [2.24, 2.45) is 5.73 Å². The molecule has 0 amide bonds. The third-order valence-electron chi connectivity index (χ3n) is 2.68. The average molecular weight is 226 g/mol. The van der Waals surface area contributed by atoms with Crippen molar-refractivity contribution in [1.82, 2.24) is 15.0 Å². The van der Waals surface area contributed by atoms with Crippen molar-refractivity contribution in [3.05, 3.63) is 5.82 Å². The first-order chi connectivity index (χ1) is 7.79. The van der Waals surface area contributed by atoms with Crippen LogP contribution in [0.1, 0.15) is 31.6 Å². The van der Waals surface area contributed by atoms with E-state index in [1.807, 2.05) is 6.92 Å². The summed E-state index contributed by atoms with van der Waals surface area (Å²) in [6.45, 7) is 5.40. The molecule has 1 aromatic heterocycles. The van der Waals surface area contributed by atoms with Gasteiger partial charge in [-0.05, 0) is 32.9 Å². The summed E-state index contributed by atoms with van der Waals surface area (Å²) in [5.41, 5.74) is 6.00. The number of hydrogen-bond donors (Lipinski definition) is 1. The largest absolute Gasteiger partial charge is 0.449 e. The maximum absolute atomic E-state index is 6.00. The van der Waals surface area contributed by atoms with Crippen LogP contribution in [-0.4, -0.2) is 41.3 Å². The lowest BCUT2D eigenvalue weighted by atomic mass is 10.3. The fraction of sp³-hybridized carbons (Fsp3) is 0.800. The molecule has 1 unspecified atom stereocenters. The maximum Gasteiger partial charge on any atom is 0.417 e. The van der Waals surface area contributed by atoms with E-state index in [4.69, 9.17) is 15.0 Å². The van der Waals surface area contributed by atoms with Gasteiger partial charge in [0, 0.05) is 6.54 Å². The highest BCUT2D eigenvalue weighted by atomic mass is 16.6. The molecule has 90 valence electrons. The van der Waals surface area contributed by atoms with Crippen molar-refractivity contribution in [2.45, 2.75) is 25.8 Å². The van der Waals surface area contributed by atoms with Gasteiger partial charge in [0.15, 0.2) is 5.82 Å². The lowest BCUT2D eigenvalue weighted by Crippen LogP contribution is -2.30. The van der Waals surface area contributed by atoms with E-state index < -0.39 is 0 Å². The zero-order valence-electron chi connectivity index (χ0n) is 9.56. The van der Waals surface area contributed by atoms with E-state index >= 15 is 0 Å². The number of nitrogens with zero attached hydrogens (tertiary/aromatic N) is 3. The molecule has 0 aromatic carbocycles. The molecule has 2 rings (SSSR count). The molecule has 1 atom stereocenters. The molecule has 1 aromatic rings. The normalized spacial score (nSPS) is 18.9. The highest BCUT2D eigenvalue weighted by Gasteiger charge is 2.20. The molecule has 0 radical (unpaired) electrons. The molecule has 16 heavy (non-hydrogen) atoms. The Morgan fingerprint density at radius 2 is 2.25 bits per heavy atom. The molecule has 0 bridgehead atoms. The van der Waals surface area contributed by atoms with Gasteiger partial charge in [-0.1, -0.05) is 5.16 Å². The summed E-state index contributed by atoms with van der Waals surface area (Å²) in [5, 5.41) is 3.81. The summed E-state index contributed by atoms with van der Waals surface area (Å²) in [5.74, 6) is 0.523. The van der Waals surface area contributed by atoms with Gasteiger partial charge in [-0.15, -0.1) is 0 Å². The summed E-state index contributed by atoms with van der Waals surface area (Å²) < 4.78 is 10.0. The molecule has 6 heteroatoms. The van der Waals surface area contributed by atoms with E-state index in [9.17, 15) is 0 Å². The Bertz CT molecular complexity index is 322. The van der Waals surface area contributed by atoms with Gasteiger partial charge in [0.05, 0.1) is 12.6 Å². The van der Waals surface area contributed by atoms with Crippen molar-refractivity contribution in [3.8, 4) is 6.08 Å². The fourth-order valence-electron chi connectivity index (χ4n) is 1.88. The number of nitrogens with two attached hydrogens (primary N) is 1. The Hall–Kier alpha value is -1.14. The summed E-state index contributed by atoms with van der Waals surface area (Å²) >= 11 is 0. The predicted octanol–water partition coefficient (Wildman–Crippen LogP) is 0.564. The lowest BCUT2D eigenvalue weighted by Gasteiger charge is -2.17. The van der Waals surface area contributed by atoms with Crippen molar-refractivity contribution < 1.29 is 9.26 Å². The molecule has 1 aliphatic heterocycles. The quantitative estimate of drug-likeness (QED) is 0.790. The fourth-order valence-corrected chi connectivity index (χ4v) is 1.88. The van der Waals surface area contributed by atoms with Crippen LogP contribution in [0.15, 0.2) is 4.52 Å². The van der Waals surface area contributed by atoms with Crippen LogP contribution in [0.5, 0.6) is 6.08 Å². The van der Waals surface area contributed by atoms with E-state index in [0.29, 0.717) is 12.4 Å². The van der Waals surface area contributed by atoms with Crippen LogP contribution in [0.4, 0.5) is 0 Å². The zero-order valence-corrected chi connectivity index (χ0v) is 9.56. The van der Waals surface area contributed by atoms with Gasteiger partial charge in [0.2, 0.25) is 0 Å². The average Bonchev–Trinajstić information content (AvgIpc) is 2.89. The van der Waals surface area contributed by atoms with Gasteiger partial charge in [-0.2, -0.15) is 4.98 Å². The molecule has 0 saturated carbocycles. The minimum absolute atomic E-state index is 0.198. The van der Waals surface area contributed by atoms with Gasteiger partial charge in [-0.25, -0.2) is 0 Å². The van der Waals surface area contributed by atoms with Crippen molar-refractivity contribution in [3.63, 3.8) is 0 Å². The molecule has 0 aliphatic carbocycles. The number of aromatic nitrogens is 2. The van der Waals surface area contributed by atoms with Gasteiger partial charge < -0.3 is 15.4 Å². The maximum atomic E-state index is 6.00. The van der Waals surface area contributed by atoms with Crippen LogP contribution >= 0.6 is 0 Å². The van der Waals surface area contributed by atoms with E-state index in [1.165, 1.54) is 12.8 Å². The summed E-state index contributed by atoms with van der Waals surface area (Å²) in [6, 6.07) is -0.198. The summed E-state index contributed by atoms with van der Waals surface area (Å²) in [4.78, 5) is 6.41. The van der Waals surface area contributed by atoms with Crippen LogP contribution in [0.25, 0.3) is 0 Å². The van der Waals surface area contributed by atoms with Crippen LogP contribution in [0.2, 0.25) is 0 Å². The Morgan fingerprint density at radius 3 is 2.94 bits per heavy atom. The molecular formula is C10H18N4O2. The first kappa shape index (κ1) is 11.3. The van der Waals surface area contributed by atoms with E-state index in [2.05, 4.69) is 15.0 Å². The Labute approximate surface area is 94.7 Å². The molecule has 2 heterocycles. The predicted molar refractivity (Wildman–Crippen MR) is 58.1 cm³/mol. The smallest absolute Gasteiger partial charge is 0.417 e. The molecule has 1 saturated heterocycles. The van der Waals surface area contributed by atoms with Crippen molar-refractivity contribution >= 4 is 0 Å². The lowest BCUT2D eigenvalue weighted by molar-refractivity contribution is 0.214. The second kappa shape index (κ2) is 5.27. The number of ether oxygens (including phenoxy) is 1. The monoisotopic (exact) mass is 226 g/mol. The summed E-state index contributed by atoms with van der Waals surface area (Å²) in [7, 11) is 0. The molecule has 2 N–H and O–H groups in total.